The van der Waals surface area contributed by atoms with Crippen LogP contribution in [0, 0.1) is 0 Å². The summed E-state index contributed by atoms with van der Waals surface area (Å²) in [6.07, 6.45) is 4.66. The van der Waals surface area contributed by atoms with E-state index in [0.29, 0.717) is 67.7 Å². The zero-order chi connectivity index (χ0) is 36.5. The summed E-state index contributed by atoms with van der Waals surface area (Å²) in [6, 6.07) is 29.6. The smallest absolute Gasteiger partial charge is 0.282 e. The number of carbonyl (C=O) groups excluding carboxylic acids is 2. The Hall–Kier alpha value is -5.15. The van der Waals surface area contributed by atoms with Gasteiger partial charge in [-0.3, -0.25) is 14.5 Å². The van der Waals surface area contributed by atoms with E-state index in [1.165, 1.54) is 15.6 Å². The van der Waals surface area contributed by atoms with Crippen molar-refractivity contribution < 1.29 is 19.3 Å². The van der Waals surface area contributed by atoms with Crippen LogP contribution in [0.3, 0.4) is 0 Å². The van der Waals surface area contributed by atoms with E-state index in [-0.39, 0.29) is 23.5 Å². The van der Waals surface area contributed by atoms with Gasteiger partial charge in [0, 0.05) is 53.2 Å². The molecule has 0 atom stereocenters. The quantitative estimate of drug-likeness (QED) is 0.0813. The summed E-state index contributed by atoms with van der Waals surface area (Å²) in [7, 11) is 4.21. The zero-order valence-corrected chi connectivity index (χ0v) is 31.4. The third kappa shape index (κ3) is 6.77. The summed E-state index contributed by atoms with van der Waals surface area (Å²) in [5.41, 5.74) is 6.61. The van der Waals surface area contributed by atoms with Crippen LogP contribution in [0.5, 0.6) is 0 Å². The third-order valence-electron chi connectivity index (χ3n) is 10.6. The summed E-state index contributed by atoms with van der Waals surface area (Å²) in [6.45, 7) is 7.07. The number of benzene rings is 3. The molecule has 8 nitrogen and oxygen atoms in total. The molecule has 0 N–H and O–H groups in total. The van der Waals surface area contributed by atoms with Crippen LogP contribution in [0.1, 0.15) is 52.0 Å². The number of rotatable bonds is 9. The Kier molecular flexibility index (Phi) is 10.1. The number of piperidine rings is 1. The molecule has 4 aromatic rings. The average Bonchev–Trinajstić information content (AvgIpc) is 3.48. The average molecular weight is 712 g/mol. The highest BCUT2D eigenvalue weighted by Gasteiger charge is 2.33. The second-order valence-electron chi connectivity index (χ2n) is 13.9. The van der Waals surface area contributed by atoms with E-state index in [0.717, 1.165) is 28.0 Å². The molecule has 3 aliphatic rings. The van der Waals surface area contributed by atoms with Crippen molar-refractivity contribution in [1.82, 2.24) is 4.90 Å². The van der Waals surface area contributed by atoms with Gasteiger partial charge in [0.15, 0.2) is 5.78 Å². The molecule has 3 heterocycles. The molecule has 9 heteroatoms. The van der Waals surface area contributed by atoms with Gasteiger partial charge in [-0.15, -0.1) is 0 Å². The number of likely N-dealkylation sites (tertiary alicyclic amines) is 1. The normalized spacial score (nSPS) is 17.9. The fourth-order valence-electron chi connectivity index (χ4n) is 7.47. The minimum absolute atomic E-state index is 0.0586. The number of anilines is 2. The second kappa shape index (κ2) is 14.8. The van der Waals surface area contributed by atoms with Gasteiger partial charge in [-0.05, 0) is 94.3 Å². The molecular formula is C43H45N5O3S. The number of fused-ring (bicyclic) bond motifs is 2. The van der Waals surface area contributed by atoms with Gasteiger partial charge in [0.05, 0.1) is 36.0 Å². The maximum absolute atomic E-state index is 13.1. The van der Waals surface area contributed by atoms with Crippen molar-refractivity contribution in [2.75, 3.05) is 43.5 Å². The van der Waals surface area contributed by atoms with Crippen LogP contribution in [0.15, 0.2) is 122 Å². The number of aromatic nitrogens is 1. The molecular weight excluding hydrogens is 667 g/mol. The molecule has 0 bridgehead atoms. The molecule has 1 aliphatic carbocycles. The fourth-order valence-corrected chi connectivity index (χ4v) is 8.58. The van der Waals surface area contributed by atoms with Crippen molar-refractivity contribution in [3.8, 4) is 5.69 Å². The summed E-state index contributed by atoms with van der Waals surface area (Å²) in [4.78, 5) is 38.1. The number of carbonyl (C=O) groups is 2. The lowest BCUT2D eigenvalue weighted by molar-refractivity contribution is -0.553. The summed E-state index contributed by atoms with van der Waals surface area (Å²) in [5, 5.41) is 15.5. The molecule has 1 saturated heterocycles. The number of para-hydroxylation sites is 3. The lowest BCUT2D eigenvalue weighted by atomic mass is 9.88. The molecule has 266 valence electrons. The Bertz CT molecular complexity index is 2180. The predicted octanol–water partition coefficient (Wildman–Crippen LogP) is 6.86. The van der Waals surface area contributed by atoms with Gasteiger partial charge in [0.25, 0.3) is 5.82 Å². The number of thioether (sulfide) groups is 1. The molecule has 0 radical (unpaired) electrons. The standard InChI is InChI=1S/C43H45N5O3S/c1-28-29(2)43(51)41(30(3)42(28)50)47-24-21-32(22-25-47)44-38(49)20-13-23-45(4)39-26-31(27-40-46(5)36-18-11-12-19-37(36)52-40)34-16-9-10-17-35(34)48(39)33-14-7-6-8-15-33/h6-12,14-19,26-27,32H,13,20-25H2,1-5H3. The lowest BCUT2D eigenvalue weighted by Crippen LogP contribution is -2.41. The highest BCUT2D eigenvalue weighted by molar-refractivity contribution is 8.03. The van der Waals surface area contributed by atoms with Gasteiger partial charge >= 0.3 is 0 Å². The van der Waals surface area contributed by atoms with Gasteiger partial charge in [-0.2, -0.15) is 4.57 Å². The molecule has 0 amide bonds. The first-order valence-corrected chi connectivity index (χ1v) is 18.9. The van der Waals surface area contributed by atoms with Crippen molar-refractivity contribution in [3.05, 3.63) is 118 Å². The Labute approximate surface area is 310 Å². The zero-order valence-electron chi connectivity index (χ0n) is 30.6. The van der Waals surface area contributed by atoms with E-state index in [4.69, 9.17) is 0 Å². The van der Waals surface area contributed by atoms with Crippen LogP contribution in [-0.2, 0) is 9.59 Å². The van der Waals surface area contributed by atoms with Crippen molar-refractivity contribution in [1.29, 1.82) is 0 Å². The van der Waals surface area contributed by atoms with Crippen LogP contribution >= 0.6 is 11.8 Å². The molecule has 2 aliphatic heterocycles. The molecule has 0 saturated carbocycles. The lowest BCUT2D eigenvalue weighted by Gasteiger charge is -2.36. The van der Waals surface area contributed by atoms with Gasteiger partial charge in [0.1, 0.15) is 11.2 Å². The molecule has 1 aromatic heterocycles. The highest BCUT2D eigenvalue weighted by atomic mass is 32.2. The van der Waals surface area contributed by atoms with Crippen molar-refractivity contribution in [3.63, 3.8) is 0 Å². The number of allylic oxidation sites excluding steroid dienone is 3. The van der Waals surface area contributed by atoms with E-state index in [1.807, 2.05) is 11.0 Å². The first-order valence-electron chi connectivity index (χ1n) is 18.1. The van der Waals surface area contributed by atoms with Crippen molar-refractivity contribution >= 4 is 57.7 Å². The van der Waals surface area contributed by atoms with Crippen molar-refractivity contribution in [2.45, 2.75) is 57.4 Å². The summed E-state index contributed by atoms with van der Waals surface area (Å²) < 4.78 is 2.30. The van der Waals surface area contributed by atoms with Gasteiger partial charge in [-0.25, -0.2) is 0 Å². The van der Waals surface area contributed by atoms with Gasteiger partial charge < -0.3 is 19.9 Å². The first-order chi connectivity index (χ1) is 25.1. The number of nitrogens with zero attached hydrogens (tertiary/aromatic N) is 5. The second-order valence-corrected chi connectivity index (χ2v) is 15.0. The van der Waals surface area contributed by atoms with Crippen LogP contribution in [0.2, 0.25) is 0 Å². The van der Waals surface area contributed by atoms with Crippen LogP contribution in [0.4, 0.5) is 11.5 Å². The fraction of sp³-hybridized carbons (Fsp3) is 0.302. The van der Waals surface area contributed by atoms with E-state index in [2.05, 4.69) is 118 Å². The molecule has 3 aromatic carbocycles. The Morgan fingerprint density at radius 3 is 2.35 bits per heavy atom. The minimum atomic E-state index is -0.0821. The Morgan fingerprint density at radius 1 is 0.923 bits per heavy atom. The number of aliphatic imine (C=N–C) groups is 1. The van der Waals surface area contributed by atoms with E-state index in [1.54, 1.807) is 32.5 Å². The number of ketones is 2. The highest BCUT2D eigenvalue weighted by Crippen LogP contribution is 2.46. The Morgan fingerprint density at radius 2 is 1.60 bits per heavy atom. The minimum Gasteiger partial charge on any atom is -0.862 e. The number of hydrogen-bond acceptors (Lipinski definition) is 8. The van der Waals surface area contributed by atoms with Gasteiger partial charge in [-0.1, -0.05) is 60.3 Å². The SMILES string of the molecule is CC1=C(C)C(=O)C(N2CCC(N=C([O-])CCCN(C)c3cc(/C=C4\Sc5ccccc5N4C)c4ccccc4[n+]3-c3ccccc3)CC2)=C(C)C1=O. The summed E-state index contributed by atoms with van der Waals surface area (Å²) >= 11 is 1.78. The molecule has 0 spiro atoms. The predicted molar refractivity (Wildman–Crippen MR) is 210 cm³/mol. The Balaban J connectivity index is 1.08. The first kappa shape index (κ1) is 35.3. The molecule has 0 unspecified atom stereocenters. The van der Waals surface area contributed by atoms with E-state index < -0.39 is 0 Å². The number of Topliss-reactive ketones (excluding diaryl/α,β-unsaturated/α-hetero) is 2. The molecule has 52 heavy (non-hydrogen) atoms. The largest absolute Gasteiger partial charge is 0.862 e. The van der Waals surface area contributed by atoms with Crippen LogP contribution in [0.25, 0.3) is 22.7 Å². The maximum atomic E-state index is 13.1. The molecule has 1 fully saturated rings. The van der Waals surface area contributed by atoms with Crippen molar-refractivity contribution in [2.24, 2.45) is 4.99 Å². The number of pyridine rings is 1. The van der Waals surface area contributed by atoms with Gasteiger partial charge in [0.2, 0.25) is 5.78 Å². The maximum Gasteiger partial charge on any atom is 0.282 e. The monoisotopic (exact) mass is 711 g/mol. The van der Waals surface area contributed by atoms with E-state index >= 15 is 0 Å². The number of hydrogen-bond donors (Lipinski definition) is 0. The van der Waals surface area contributed by atoms with Crippen LogP contribution in [-0.4, -0.2) is 62.1 Å². The molecule has 7 rings (SSSR count). The topological polar surface area (TPSA) is 83.2 Å². The third-order valence-corrected chi connectivity index (χ3v) is 11.7. The van der Waals surface area contributed by atoms with Crippen LogP contribution < -0.4 is 19.5 Å². The van der Waals surface area contributed by atoms with E-state index in [9.17, 15) is 14.7 Å². The summed E-state index contributed by atoms with van der Waals surface area (Å²) in [5.74, 6) is 0.833.